The summed E-state index contributed by atoms with van der Waals surface area (Å²) < 4.78 is 28.3. The van der Waals surface area contributed by atoms with E-state index in [2.05, 4.69) is 9.82 Å². The lowest BCUT2D eigenvalue weighted by Gasteiger charge is -2.08. The minimum absolute atomic E-state index is 0.110. The Bertz CT molecular complexity index is 708. The Morgan fingerprint density at radius 2 is 2.00 bits per heavy atom. The molecule has 0 aliphatic rings. The van der Waals surface area contributed by atoms with Gasteiger partial charge in [-0.15, -0.1) is 0 Å². The van der Waals surface area contributed by atoms with Gasteiger partial charge in [0.25, 0.3) is 0 Å². The van der Waals surface area contributed by atoms with Gasteiger partial charge < -0.3 is 5.11 Å². The summed E-state index contributed by atoms with van der Waals surface area (Å²) in [5.74, 6) is 0. The predicted octanol–water partition coefficient (Wildman–Crippen LogP) is 1.62. The molecule has 7 heteroatoms. The number of aliphatic hydroxyl groups excluding tert-OH is 1. The number of nitrogens with zero attached hydrogens (tertiary/aromatic N) is 2. The first-order valence-electron chi connectivity index (χ1n) is 7.22. The van der Waals surface area contributed by atoms with E-state index >= 15 is 0 Å². The molecule has 0 radical (unpaired) electrons. The van der Waals surface area contributed by atoms with Crippen molar-refractivity contribution in [2.75, 3.05) is 6.54 Å². The van der Waals surface area contributed by atoms with Crippen molar-refractivity contribution in [2.24, 2.45) is 0 Å². The molecule has 22 heavy (non-hydrogen) atoms. The van der Waals surface area contributed by atoms with E-state index < -0.39 is 16.1 Å². The summed E-state index contributed by atoms with van der Waals surface area (Å²) in [5.41, 5.74) is 1.92. The summed E-state index contributed by atoms with van der Waals surface area (Å²) in [4.78, 5) is 0.110. The maximum Gasteiger partial charge on any atom is 0.243 e. The topological polar surface area (TPSA) is 84.2 Å². The number of nitrogens with one attached hydrogen (secondary N) is 1. The SMILES string of the molecule is CCC(O)CCNS(=O)(=O)c1cnn(-c2ccc(C)cc2)c1. The normalized spacial score (nSPS) is 13.2. The number of rotatable bonds is 7. The molecule has 0 aliphatic carbocycles. The van der Waals surface area contributed by atoms with Crippen molar-refractivity contribution >= 4 is 10.0 Å². The van der Waals surface area contributed by atoms with Crippen LogP contribution in [0.5, 0.6) is 0 Å². The molecule has 1 aromatic carbocycles. The van der Waals surface area contributed by atoms with Crippen LogP contribution < -0.4 is 4.72 Å². The highest BCUT2D eigenvalue weighted by Crippen LogP contribution is 2.13. The fraction of sp³-hybridized carbons (Fsp3) is 0.400. The Labute approximate surface area is 130 Å². The molecule has 2 N–H and O–H groups in total. The molecule has 0 amide bonds. The van der Waals surface area contributed by atoms with Gasteiger partial charge in [0.15, 0.2) is 0 Å². The van der Waals surface area contributed by atoms with Gasteiger partial charge in [-0.1, -0.05) is 24.6 Å². The van der Waals surface area contributed by atoms with E-state index in [1.807, 2.05) is 38.1 Å². The molecule has 0 aliphatic heterocycles. The molecular weight excluding hydrogens is 302 g/mol. The Balaban J connectivity index is 2.08. The molecule has 0 bridgehead atoms. The third-order valence-corrected chi connectivity index (χ3v) is 4.82. The molecule has 1 heterocycles. The Hall–Kier alpha value is -1.70. The summed E-state index contributed by atoms with van der Waals surface area (Å²) >= 11 is 0. The van der Waals surface area contributed by atoms with E-state index in [4.69, 9.17) is 0 Å². The maximum absolute atomic E-state index is 12.2. The van der Waals surface area contributed by atoms with Gasteiger partial charge in [-0.3, -0.25) is 0 Å². The molecule has 0 saturated carbocycles. The fourth-order valence-corrected chi connectivity index (χ4v) is 2.91. The van der Waals surface area contributed by atoms with Crippen molar-refractivity contribution in [3.05, 3.63) is 42.2 Å². The molecule has 2 rings (SSSR count). The van der Waals surface area contributed by atoms with E-state index in [9.17, 15) is 13.5 Å². The quantitative estimate of drug-likeness (QED) is 0.811. The van der Waals surface area contributed by atoms with E-state index in [1.165, 1.54) is 17.1 Å². The number of hydrogen-bond acceptors (Lipinski definition) is 4. The van der Waals surface area contributed by atoms with Crippen LogP contribution in [0.4, 0.5) is 0 Å². The van der Waals surface area contributed by atoms with Crippen molar-refractivity contribution in [1.29, 1.82) is 0 Å². The zero-order valence-electron chi connectivity index (χ0n) is 12.7. The van der Waals surface area contributed by atoms with Gasteiger partial charge in [0.2, 0.25) is 10.0 Å². The van der Waals surface area contributed by atoms with Gasteiger partial charge in [-0.25, -0.2) is 17.8 Å². The number of aromatic nitrogens is 2. The van der Waals surface area contributed by atoms with E-state index in [-0.39, 0.29) is 11.4 Å². The lowest BCUT2D eigenvalue weighted by atomic mass is 10.2. The van der Waals surface area contributed by atoms with Crippen LogP contribution in [0, 0.1) is 6.92 Å². The van der Waals surface area contributed by atoms with Gasteiger partial charge >= 0.3 is 0 Å². The van der Waals surface area contributed by atoms with E-state index in [0.717, 1.165) is 11.3 Å². The Morgan fingerprint density at radius 1 is 1.32 bits per heavy atom. The van der Waals surface area contributed by atoms with Gasteiger partial charge in [0.05, 0.1) is 24.2 Å². The standard InChI is InChI=1S/C15H21N3O3S/c1-3-14(19)8-9-17-22(20,21)15-10-16-18(11-15)13-6-4-12(2)5-7-13/h4-7,10-11,14,17,19H,3,8-9H2,1-2H3. The van der Waals surface area contributed by atoms with Crippen LogP contribution in [0.2, 0.25) is 0 Å². The highest BCUT2D eigenvalue weighted by Gasteiger charge is 2.16. The molecule has 0 spiro atoms. The monoisotopic (exact) mass is 323 g/mol. The van der Waals surface area contributed by atoms with Crippen molar-refractivity contribution in [3.8, 4) is 5.69 Å². The molecule has 0 fully saturated rings. The summed E-state index contributed by atoms with van der Waals surface area (Å²) in [6, 6.07) is 7.64. The summed E-state index contributed by atoms with van der Waals surface area (Å²) in [7, 11) is -3.60. The van der Waals surface area contributed by atoms with Gasteiger partial charge in [-0.2, -0.15) is 5.10 Å². The first-order valence-corrected chi connectivity index (χ1v) is 8.70. The third-order valence-electron chi connectivity index (χ3n) is 3.41. The molecule has 2 aromatic rings. The summed E-state index contributed by atoms with van der Waals surface area (Å²) in [6.07, 6.45) is 3.30. The average Bonchev–Trinajstić information content (AvgIpc) is 2.98. The van der Waals surface area contributed by atoms with E-state index in [1.54, 1.807) is 0 Å². The second-order valence-electron chi connectivity index (χ2n) is 5.20. The highest BCUT2D eigenvalue weighted by atomic mass is 32.2. The largest absolute Gasteiger partial charge is 0.393 e. The summed E-state index contributed by atoms with van der Waals surface area (Å²) in [5, 5.41) is 13.5. The predicted molar refractivity (Wildman–Crippen MR) is 84.4 cm³/mol. The molecule has 0 saturated heterocycles. The number of aliphatic hydroxyl groups is 1. The first kappa shape index (κ1) is 16.7. The first-order chi connectivity index (χ1) is 10.4. The van der Waals surface area contributed by atoms with Crippen LogP contribution in [-0.2, 0) is 10.0 Å². The Kier molecular flexibility index (Phi) is 5.33. The molecule has 1 aromatic heterocycles. The van der Waals surface area contributed by atoms with Crippen LogP contribution in [-0.4, -0.2) is 36.0 Å². The van der Waals surface area contributed by atoms with Gasteiger partial charge in [0, 0.05) is 6.54 Å². The highest BCUT2D eigenvalue weighted by molar-refractivity contribution is 7.89. The molecule has 120 valence electrons. The number of hydrogen-bond donors (Lipinski definition) is 2. The second kappa shape index (κ2) is 7.04. The van der Waals surface area contributed by atoms with Crippen molar-refractivity contribution < 1.29 is 13.5 Å². The number of sulfonamides is 1. The van der Waals surface area contributed by atoms with Gasteiger partial charge in [0.1, 0.15) is 4.90 Å². The molecule has 6 nitrogen and oxygen atoms in total. The van der Waals surface area contributed by atoms with Crippen molar-refractivity contribution in [2.45, 2.75) is 37.7 Å². The summed E-state index contributed by atoms with van der Waals surface area (Å²) in [6.45, 7) is 4.04. The van der Waals surface area contributed by atoms with Crippen molar-refractivity contribution in [3.63, 3.8) is 0 Å². The van der Waals surface area contributed by atoms with Crippen LogP contribution in [0.1, 0.15) is 25.3 Å². The van der Waals surface area contributed by atoms with Crippen LogP contribution in [0.3, 0.4) is 0 Å². The molecule has 1 unspecified atom stereocenters. The zero-order chi connectivity index (χ0) is 16.2. The minimum Gasteiger partial charge on any atom is -0.393 e. The number of benzene rings is 1. The van der Waals surface area contributed by atoms with Crippen LogP contribution in [0.15, 0.2) is 41.6 Å². The number of aryl methyl sites for hydroxylation is 1. The maximum atomic E-state index is 12.2. The van der Waals surface area contributed by atoms with Crippen molar-refractivity contribution in [1.82, 2.24) is 14.5 Å². The smallest absolute Gasteiger partial charge is 0.243 e. The van der Waals surface area contributed by atoms with Crippen LogP contribution in [0.25, 0.3) is 5.69 Å². The molecular formula is C15H21N3O3S. The average molecular weight is 323 g/mol. The van der Waals surface area contributed by atoms with Crippen LogP contribution >= 0.6 is 0 Å². The lowest BCUT2D eigenvalue weighted by molar-refractivity contribution is 0.162. The third kappa shape index (κ3) is 4.16. The second-order valence-corrected chi connectivity index (χ2v) is 6.97. The lowest BCUT2D eigenvalue weighted by Crippen LogP contribution is -2.27. The van der Waals surface area contributed by atoms with E-state index in [0.29, 0.717) is 12.8 Å². The fourth-order valence-electron chi connectivity index (χ4n) is 1.93. The minimum atomic E-state index is -3.60. The molecule has 1 atom stereocenters. The Morgan fingerprint density at radius 3 is 2.64 bits per heavy atom. The van der Waals surface area contributed by atoms with Gasteiger partial charge in [-0.05, 0) is 31.9 Å². The zero-order valence-corrected chi connectivity index (χ0v) is 13.5.